The third-order valence-corrected chi connectivity index (χ3v) is 2.86. The first-order chi connectivity index (χ1) is 10.2. The molecule has 0 aliphatic carbocycles. The molecule has 0 bridgehead atoms. The first kappa shape index (κ1) is 14.9. The summed E-state index contributed by atoms with van der Waals surface area (Å²) in [6.07, 6.45) is 2.45. The second-order valence-electron chi connectivity index (χ2n) is 4.37. The normalized spacial score (nSPS) is 11.7. The van der Waals surface area contributed by atoms with Crippen molar-refractivity contribution in [2.24, 2.45) is 0 Å². The van der Waals surface area contributed by atoms with Crippen LogP contribution in [0.5, 0.6) is 0 Å². The van der Waals surface area contributed by atoms with Crippen molar-refractivity contribution < 1.29 is 13.9 Å². The maximum Gasteiger partial charge on any atom is 0.319 e. The summed E-state index contributed by atoms with van der Waals surface area (Å²) in [5.74, 6) is -0.587. The number of hydrogen-bond acceptors (Lipinski definition) is 3. The molecule has 0 fully saturated rings. The minimum atomic E-state index is -0.587. The van der Waals surface area contributed by atoms with Crippen LogP contribution in [0.25, 0.3) is 0 Å². The Morgan fingerprint density at radius 2 is 2.10 bits per heavy atom. The highest BCUT2D eigenvalue weighted by Crippen LogP contribution is 2.14. The van der Waals surface area contributed by atoms with Gasteiger partial charge in [0.25, 0.3) is 0 Å². The lowest BCUT2D eigenvalue weighted by Gasteiger charge is -2.18. The van der Waals surface area contributed by atoms with Crippen molar-refractivity contribution in [2.45, 2.75) is 6.04 Å². The Morgan fingerprint density at radius 1 is 1.33 bits per heavy atom. The van der Waals surface area contributed by atoms with Crippen LogP contribution in [0.3, 0.4) is 0 Å². The molecular formula is C15H16FN3O2. The predicted molar refractivity (Wildman–Crippen MR) is 77.4 cm³/mol. The van der Waals surface area contributed by atoms with Crippen molar-refractivity contribution in [3.8, 4) is 0 Å². The zero-order chi connectivity index (χ0) is 15.1. The molecule has 0 spiro atoms. The molecule has 21 heavy (non-hydrogen) atoms. The number of halogens is 1. The van der Waals surface area contributed by atoms with Gasteiger partial charge < -0.3 is 15.4 Å². The number of ether oxygens (including phenoxy) is 1. The Morgan fingerprint density at radius 3 is 2.76 bits per heavy atom. The molecule has 2 aromatic rings. The summed E-state index contributed by atoms with van der Waals surface area (Å²) in [5, 5.41) is 5.20. The number of carbonyl (C=O) groups is 1. The molecule has 1 aromatic carbocycles. The number of hydrogen-bond donors (Lipinski definition) is 2. The van der Waals surface area contributed by atoms with Crippen molar-refractivity contribution in [3.05, 3.63) is 60.2 Å². The van der Waals surface area contributed by atoms with Gasteiger partial charge in [0.15, 0.2) is 5.82 Å². The van der Waals surface area contributed by atoms with E-state index in [9.17, 15) is 9.18 Å². The van der Waals surface area contributed by atoms with Crippen molar-refractivity contribution in [1.82, 2.24) is 10.3 Å². The molecule has 1 heterocycles. The highest BCUT2D eigenvalue weighted by molar-refractivity contribution is 5.89. The minimum Gasteiger partial charge on any atom is -0.382 e. The Hall–Kier alpha value is -2.47. The van der Waals surface area contributed by atoms with Crippen molar-refractivity contribution >= 4 is 11.7 Å². The largest absolute Gasteiger partial charge is 0.382 e. The lowest BCUT2D eigenvalue weighted by Crippen LogP contribution is -2.35. The van der Waals surface area contributed by atoms with Crippen LogP contribution in [0.15, 0.2) is 48.8 Å². The Kier molecular flexibility index (Phi) is 5.22. The van der Waals surface area contributed by atoms with Gasteiger partial charge in [-0.1, -0.05) is 30.3 Å². The van der Waals surface area contributed by atoms with Crippen LogP contribution in [0.4, 0.5) is 14.9 Å². The number of nitrogens with zero attached hydrogens (tertiary/aromatic N) is 1. The van der Waals surface area contributed by atoms with Crippen molar-refractivity contribution in [2.75, 3.05) is 19.0 Å². The second kappa shape index (κ2) is 7.35. The van der Waals surface area contributed by atoms with E-state index in [1.165, 1.54) is 12.3 Å². The predicted octanol–water partition coefficient (Wildman–Crippen LogP) is 2.73. The summed E-state index contributed by atoms with van der Waals surface area (Å²) in [5.41, 5.74) is 0.983. The van der Waals surface area contributed by atoms with E-state index < -0.39 is 11.8 Å². The molecule has 6 heteroatoms. The van der Waals surface area contributed by atoms with Crippen molar-refractivity contribution in [3.63, 3.8) is 0 Å². The van der Waals surface area contributed by atoms with Crippen LogP contribution < -0.4 is 10.6 Å². The quantitative estimate of drug-likeness (QED) is 0.889. The van der Waals surface area contributed by atoms with Crippen molar-refractivity contribution in [1.29, 1.82) is 0 Å². The van der Waals surface area contributed by atoms with Gasteiger partial charge in [-0.05, 0) is 11.6 Å². The van der Waals surface area contributed by atoms with E-state index in [1.807, 2.05) is 30.3 Å². The molecule has 2 amide bonds. The lowest BCUT2D eigenvalue weighted by atomic mass is 10.1. The molecule has 5 nitrogen and oxygen atoms in total. The highest BCUT2D eigenvalue weighted by Gasteiger charge is 2.15. The topological polar surface area (TPSA) is 63.2 Å². The number of methoxy groups -OCH3 is 1. The molecule has 0 aliphatic rings. The molecule has 0 saturated heterocycles. The van der Waals surface area contributed by atoms with E-state index in [0.717, 1.165) is 11.8 Å². The summed E-state index contributed by atoms with van der Waals surface area (Å²) >= 11 is 0. The summed E-state index contributed by atoms with van der Waals surface area (Å²) in [4.78, 5) is 15.6. The number of urea groups is 1. The monoisotopic (exact) mass is 289 g/mol. The van der Waals surface area contributed by atoms with Gasteiger partial charge in [0.2, 0.25) is 0 Å². The average molecular weight is 289 g/mol. The SMILES string of the molecule is COCC(NC(=O)Nc1ccncc1F)c1ccccc1. The molecule has 0 aliphatic heterocycles. The van der Waals surface area contributed by atoms with Crippen LogP contribution >= 0.6 is 0 Å². The number of rotatable bonds is 5. The summed E-state index contributed by atoms with van der Waals surface area (Å²) in [6, 6.07) is 9.98. The van der Waals surface area contributed by atoms with E-state index in [-0.39, 0.29) is 11.7 Å². The number of benzene rings is 1. The molecule has 1 atom stereocenters. The summed E-state index contributed by atoms with van der Waals surface area (Å²) in [7, 11) is 1.55. The number of nitrogens with one attached hydrogen (secondary N) is 2. The molecule has 110 valence electrons. The van der Waals surface area contributed by atoms with Gasteiger partial charge in [-0.25, -0.2) is 9.18 Å². The first-order valence-corrected chi connectivity index (χ1v) is 6.41. The molecule has 1 aromatic heterocycles. The summed E-state index contributed by atoms with van der Waals surface area (Å²) < 4.78 is 18.5. The fraction of sp³-hybridized carbons (Fsp3) is 0.200. The van der Waals surface area contributed by atoms with E-state index >= 15 is 0 Å². The van der Waals surface area contributed by atoms with Crippen LogP contribution in [-0.2, 0) is 4.74 Å². The highest BCUT2D eigenvalue weighted by atomic mass is 19.1. The molecular weight excluding hydrogens is 273 g/mol. The zero-order valence-corrected chi connectivity index (χ0v) is 11.5. The fourth-order valence-electron chi connectivity index (χ4n) is 1.87. The van der Waals surface area contributed by atoms with E-state index in [2.05, 4.69) is 15.6 Å². The van der Waals surface area contributed by atoms with Gasteiger partial charge in [-0.2, -0.15) is 0 Å². The van der Waals surface area contributed by atoms with Gasteiger partial charge in [0.05, 0.1) is 24.5 Å². The third-order valence-electron chi connectivity index (χ3n) is 2.86. The summed E-state index contributed by atoms with van der Waals surface area (Å²) in [6.45, 7) is 0.316. The van der Waals surface area contributed by atoms with E-state index in [0.29, 0.717) is 6.61 Å². The average Bonchev–Trinajstić information content (AvgIpc) is 2.50. The fourth-order valence-corrected chi connectivity index (χ4v) is 1.87. The van der Waals surface area contributed by atoms with Crippen LogP contribution in [0.1, 0.15) is 11.6 Å². The molecule has 0 saturated carbocycles. The molecule has 2 N–H and O–H groups in total. The number of aromatic nitrogens is 1. The molecule has 2 rings (SSSR count). The number of anilines is 1. The zero-order valence-electron chi connectivity index (χ0n) is 11.5. The molecule has 0 radical (unpaired) electrons. The Balaban J connectivity index is 2.04. The van der Waals surface area contributed by atoms with Crippen LogP contribution in [0.2, 0.25) is 0 Å². The smallest absolute Gasteiger partial charge is 0.319 e. The van der Waals surface area contributed by atoms with Gasteiger partial charge in [0, 0.05) is 13.3 Å². The van der Waals surface area contributed by atoms with E-state index in [1.54, 1.807) is 7.11 Å². The first-order valence-electron chi connectivity index (χ1n) is 6.41. The maximum absolute atomic E-state index is 13.4. The van der Waals surface area contributed by atoms with Gasteiger partial charge in [-0.15, -0.1) is 0 Å². The van der Waals surface area contributed by atoms with E-state index in [4.69, 9.17) is 4.74 Å². The Bertz CT molecular complexity index is 592. The Labute approximate surface area is 122 Å². The van der Waals surface area contributed by atoms with Crippen LogP contribution in [-0.4, -0.2) is 24.7 Å². The lowest BCUT2D eigenvalue weighted by molar-refractivity contribution is 0.168. The maximum atomic E-state index is 13.4. The molecule has 1 unspecified atom stereocenters. The minimum absolute atomic E-state index is 0.0757. The number of carbonyl (C=O) groups excluding carboxylic acids is 1. The standard InChI is InChI=1S/C15H16FN3O2/c1-21-10-14(11-5-3-2-4-6-11)19-15(20)18-13-7-8-17-9-12(13)16/h2-9,14H,10H2,1H3,(H2,17,18,19,20). The number of amides is 2. The van der Waals surface area contributed by atoms with Gasteiger partial charge in [0.1, 0.15) is 0 Å². The number of pyridine rings is 1. The second-order valence-corrected chi connectivity index (χ2v) is 4.37. The van der Waals surface area contributed by atoms with Gasteiger partial charge >= 0.3 is 6.03 Å². The van der Waals surface area contributed by atoms with Crippen LogP contribution in [0, 0.1) is 5.82 Å². The van der Waals surface area contributed by atoms with Gasteiger partial charge in [-0.3, -0.25) is 4.98 Å². The third kappa shape index (κ3) is 4.25.